The van der Waals surface area contributed by atoms with Crippen LogP contribution < -0.4 is 14.2 Å². The third kappa shape index (κ3) is 6.00. The number of benzene rings is 3. The number of carbonyl (C=O) groups is 3. The SMILES string of the molecule is COc1cc(/C=C2\SC(=O)N(CCOc3cc(C)ccc3C)C2=O)ccc1OC(=O)c1ccccc1F. The minimum atomic E-state index is -0.867. The van der Waals surface area contributed by atoms with E-state index in [-0.39, 0.29) is 40.4 Å². The fourth-order valence-electron chi connectivity index (χ4n) is 3.59. The standard InChI is InChI=1S/C28H24FNO6S/c1-17-8-9-18(2)23(14-17)35-13-12-30-26(31)25(37-28(30)33)16-19-10-11-22(24(15-19)34-3)36-27(32)20-6-4-5-7-21(20)29/h4-11,14-16H,12-13H2,1-3H3/b25-16-. The molecule has 0 atom stereocenters. The lowest BCUT2D eigenvalue weighted by Gasteiger charge is -2.14. The highest BCUT2D eigenvalue weighted by Gasteiger charge is 2.35. The Hall–Kier alpha value is -4.11. The number of imide groups is 1. The maximum absolute atomic E-state index is 13.9. The van der Waals surface area contributed by atoms with Gasteiger partial charge in [0.15, 0.2) is 11.5 Å². The van der Waals surface area contributed by atoms with Crippen LogP contribution in [0.3, 0.4) is 0 Å². The van der Waals surface area contributed by atoms with Gasteiger partial charge in [0.2, 0.25) is 0 Å². The summed E-state index contributed by atoms with van der Waals surface area (Å²) in [5, 5.41) is -0.386. The van der Waals surface area contributed by atoms with E-state index < -0.39 is 17.7 Å². The van der Waals surface area contributed by atoms with E-state index in [9.17, 15) is 18.8 Å². The van der Waals surface area contributed by atoms with Gasteiger partial charge in [-0.05, 0) is 78.7 Å². The Bertz CT molecular complexity index is 1400. The number of amides is 2. The first-order valence-corrected chi connectivity index (χ1v) is 12.2. The zero-order valence-electron chi connectivity index (χ0n) is 20.4. The quantitative estimate of drug-likeness (QED) is 0.211. The Morgan fingerprint density at radius 1 is 1.00 bits per heavy atom. The summed E-state index contributed by atoms with van der Waals surface area (Å²) in [6.07, 6.45) is 1.56. The lowest BCUT2D eigenvalue weighted by Crippen LogP contribution is -2.32. The van der Waals surface area contributed by atoms with E-state index in [0.29, 0.717) is 11.3 Å². The van der Waals surface area contributed by atoms with Gasteiger partial charge in [-0.25, -0.2) is 9.18 Å². The second-order valence-corrected chi connectivity index (χ2v) is 9.22. The van der Waals surface area contributed by atoms with Crippen LogP contribution in [0.5, 0.6) is 17.2 Å². The molecule has 190 valence electrons. The predicted molar refractivity (Wildman–Crippen MR) is 138 cm³/mol. The van der Waals surface area contributed by atoms with Gasteiger partial charge >= 0.3 is 5.97 Å². The Balaban J connectivity index is 1.44. The van der Waals surface area contributed by atoms with E-state index in [1.165, 1.54) is 37.4 Å². The van der Waals surface area contributed by atoms with Crippen molar-refractivity contribution in [3.8, 4) is 17.2 Å². The highest BCUT2D eigenvalue weighted by Crippen LogP contribution is 2.35. The maximum atomic E-state index is 13.9. The molecule has 0 N–H and O–H groups in total. The molecule has 7 nitrogen and oxygen atoms in total. The highest BCUT2D eigenvalue weighted by atomic mass is 32.2. The fourth-order valence-corrected chi connectivity index (χ4v) is 4.46. The van der Waals surface area contributed by atoms with E-state index in [4.69, 9.17) is 14.2 Å². The molecule has 1 aliphatic heterocycles. The van der Waals surface area contributed by atoms with Gasteiger partial charge in [-0.15, -0.1) is 0 Å². The first kappa shape index (κ1) is 26.0. The van der Waals surface area contributed by atoms with Gasteiger partial charge in [0.1, 0.15) is 18.2 Å². The molecule has 0 aromatic heterocycles. The molecular weight excluding hydrogens is 497 g/mol. The molecule has 1 aliphatic rings. The fraction of sp³-hybridized carbons (Fsp3) is 0.179. The van der Waals surface area contributed by atoms with Crippen LogP contribution in [0.15, 0.2) is 65.6 Å². The van der Waals surface area contributed by atoms with Gasteiger partial charge in [0.25, 0.3) is 11.1 Å². The lowest BCUT2D eigenvalue weighted by atomic mass is 10.1. The molecular formula is C28H24FNO6S. The van der Waals surface area contributed by atoms with E-state index in [0.717, 1.165) is 27.8 Å². The topological polar surface area (TPSA) is 82.1 Å². The van der Waals surface area contributed by atoms with Gasteiger partial charge < -0.3 is 14.2 Å². The number of aryl methyl sites for hydroxylation is 2. The summed E-state index contributed by atoms with van der Waals surface area (Å²) in [7, 11) is 1.39. The number of halogens is 1. The zero-order chi connectivity index (χ0) is 26.5. The van der Waals surface area contributed by atoms with Gasteiger partial charge in [-0.1, -0.05) is 30.3 Å². The zero-order valence-corrected chi connectivity index (χ0v) is 21.3. The van der Waals surface area contributed by atoms with E-state index in [2.05, 4.69) is 0 Å². The van der Waals surface area contributed by atoms with Crippen LogP contribution in [0.25, 0.3) is 6.08 Å². The van der Waals surface area contributed by atoms with E-state index >= 15 is 0 Å². The van der Waals surface area contributed by atoms with Crippen LogP contribution in [-0.2, 0) is 4.79 Å². The molecule has 0 spiro atoms. The molecule has 0 saturated carbocycles. The average molecular weight is 522 g/mol. The van der Waals surface area contributed by atoms with Crippen molar-refractivity contribution in [2.45, 2.75) is 13.8 Å². The Morgan fingerprint density at radius 3 is 2.54 bits per heavy atom. The van der Waals surface area contributed by atoms with Crippen LogP contribution in [0.4, 0.5) is 9.18 Å². The van der Waals surface area contributed by atoms with Crippen molar-refractivity contribution >= 4 is 35.0 Å². The molecule has 0 bridgehead atoms. The minimum absolute atomic E-state index is 0.0876. The normalized spacial score (nSPS) is 14.3. The lowest BCUT2D eigenvalue weighted by molar-refractivity contribution is -0.123. The number of esters is 1. The number of rotatable bonds is 8. The molecule has 9 heteroatoms. The Morgan fingerprint density at radius 2 is 1.78 bits per heavy atom. The van der Waals surface area contributed by atoms with Crippen LogP contribution in [0.1, 0.15) is 27.0 Å². The number of nitrogens with zero attached hydrogens (tertiary/aromatic N) is 1. The summed E-state index contributed by atoms with van der Waals surface area (Å²) < 4.78 is 30.3. The monoisotopic (exact) mass is 521 g/mol. The van der Waals surface area contributed by atoms with Crippen molar-refractivity contribution in [1.29, 1.82) is 0 Å². The third-order valence-corrected chi connectivity index (χ3v) is 6.48. The molecule has 2 amide bonds. The number of carbonyl (C=O) groups excluding carboxylic acids is 3. The van der Waals surface area contributed by atoms with Gasteiger partial charge in [-0.2, -0.15) is 0 Å². The largest absolute Gasteiger partial charge is 0.493 e. The van der Waals surface area contributed by atoms with Crippen LogP contribution in [-0.4, -0.2) is 42.3 Å². The summed E-state index contributed by atoms with van der Waals surface area (Å²) in [5.41, 5.74) is 2.37. The van der Waals surface area contributed by atoms with Crippen molar-refractivity contribution in [2.75, 3.05) is 20.3 Å². The van der Waals surface area contributed by atoms with E-state index in [1.54, 1.807) is 18.2 Å². The number of methoxy groups -OCH3 is 1. The molecule has 1 saturated heterocycles. The molecule has 0 aliphatic carbocycles. The molecule has 37 heavy (non-hydrogen) atoms. The van der Waals surface area contributed by atoms with Crippen molar-refractivity contribution < 1.29 is 33.0 Å². The molecule has 4 rings (SSSR count). The third-order valence-electron chi connectivity index (χ3n) is 5.57. The first-order chi connectivity index (χ1) is 17.8. The van der Waals surface area contributed by atoms with Gasteiger partial charge in [0.05, 0.1) is 24.1 Å². The van der Waals surface area contributed by atoms with Crippen LogP contribution in [0, 0.1) is 19.7 Å². The van der Waals surface area contributed by atoms with Crippen LogP contribution >= 0.6 is 11.8 Å². The summed E-state index contributed by atoms with van der Waals surface area (Å²) >= 11 is 0.831. The number of ether oxygens (including phenoxy) is 3. The highest BCUT2D eigenvalue weighted by molar-refractivity contribution is 8.18. The van der Waals surface area contributed by atoms with Crippen molar-refractivity contribution in [3.63, 3.8) is 0 Å². The summed E-state index contributed by atoms with van der Waals surface area (Å²) in [6, 6.07) is 16.0. The van der Waals surface area contributed by atoms with Gasteiger partial charge in [-0.3, -0.25) is 14.5 Å². The first-order valence-electron chi connectivity index (χ1n) is 11.4. The van der Waals surface area contributed by atoms with E-state index in [1.807, 2.05) is 32.0 Å². The molecule has 0 radical (unpaired) electrons. The molecule has 0 unspecified atom stereocenters. The number of hydrogen-bond acceptors (Lipinski definition) is 7. The number of hydrogen-bond donors (Lipinski definition) is 0. The van der Waals surface area contributed by atoms with Crippen LogP contribution in [0.2, 0.25) is 0 Å². The Kier molecular flexibility index (Phi) is 7.93. The van der Waals surface area contributed by atoms with Crippen molar-refractivity contribution in [3.05, 3.63) is 93.6 Å². The van der Waals surface area contributed by atoms with Crippen molar-refractivity contribution in [2.24, 2.45) is 0 Å². The maximum Gasteiger partial charge on any atom is 0.346 e. The Labute approximate surface area is 217 Å². The summed E-state index contributed by atoms with van der Waals surface area (Å²) in [5.74, 6) is -0.977. The number of thioether (sulfide) groups is 1. The second kappa shape index (κ2) is 11.3. The second-order valence-electron chi connectivity index (χ2n) is 8.23. The molecule has 3 aromatic rings. The van der Waals surface area contributed by atoms with Gasteiger partial charge in [0, 0.05) is 0 Å². The molecule has 1 fully saturated rings. The summed E-state index contributed by atoms with van der Waals surface area (Å²) in [6.45, 7) is 4.18. The predicted octanol–water partition coefficient (Wildman–Crippen LogP) is 5.79. The average Bonchev–Trinajstić information content (AvgIpc) is 3.14. The minimum Gasteiger partial charge on any atom is -0.493 e. The smallest absolute Gasteiger partial charge is 0.346 e. The van der Waals surface area contributed by atoms with Crippen molar-refractivity contribution in [1.82, 2.24) is 4.90 Å². The molecule has 1 heterocycles. The summed E-state index contributed by atoms with van der Waals surface area (Å²) in [4.78, 5) is 39.1. The molecule has 3 aromatic carbocycles.